The molecular weight excluding hydrogens is 269 g/mol. The zero-order chi connectivity index (χ0) is 13.3. The lowest BCUT2D eigenvalue weighted by atomic mass is 10.1. The number of nitrogens with two attached hydrogens (primary N) is 1. The van der Waals surface area contributed by atoms with Gasteiger partial charge in [-0.3, -0.25) is 0 Å². The first-order valence-electron chi connectivity index (χ1n) is 5.75. The molecule has 0 saturated carbocycles. The van der Waals surface area contributed by atoms with Gasteiger partial charge in [-0.2, -0.15) is 0 Å². The maximum absolute atomic E-state index is 6.04. The Morgan fingerprint density at radius 1 is 1.22 bits per heavy atom. The number of nitrogens with zero attached hydrogens (tertiary/aromatic N) is 1. The number of aromatic nitrogens is 2. The lowest BCUT2D eigenvalue weighted by Gasteiger charge is -2.12. The molecule has 0 unspecified atom stereocenters. The van der Waals surface area contributed by atoms with Crippen molar-refractivity contribution in [3.8, 4) is 11.3 Å². The number of benzene rings is 1. The third kappa shape index (κ3) is 2.69. The van der Waals surface area contributed by atoms with E-state index in [1.165, 1.54) is 0 Å². The van der Waals surface area contributed by atoms with Crippen LogP contribution in [0.25, 0.3) is 11.3 Å². The number of nitrogens with one attached hydrogen (secondary N) is 1. The summed E-state index contributed by atoms with van der Waals surface area (Å²) in [5.41, 5.74) is 7.87. The molecule has 0 fully saturated rings. The van der Waals surface area contributed by atoms with Crippen molar-refractivity contribution in [1.29, 1.82) is 0 Å². The fraction of sp³-hybridized carbons (Fsp3) is 0.308. The van der Waals surface area contributed by atoms with Crippen molar-refractivity contribution in [2.45, 2.75) is 19.9 Å². The highest BCUT2D eigenvalue weighted by molar-refractivity contribution is 6.42. The van der Waals surface area contributed by atoms with Crippen molar-refractivity contribution in [2.75, 3.05) is 0 Å². The summed E-state index contributed by atoms with van der Waals surface area (Å²) in [6, 6.07) is 5.37. The average molecular weight is 284 g/mol. The molecule has 18 heavy (non-hydrogen) atoms. The van der Waals surface area contributed by atoms with E-state index in [0.717, 1.165) is 17.1 Å². The fourth-order valence-corrected chi connectivity index (χ4v) is 1.93. The van der Waals surface area contributed by atoms with Crippen LogP contribution in [0, 0.1) is 5.92 Å². The molecule has 1 aromatic heterocycles. The molecule has 1 aromatic carbocycles. The Bertz CT molecular complexity index is 549. The van der Waals surface area contributed by atoms with Gasteiger partial charge in [-0.1, -0.05) is 43.1 Å². The number of halogens is 2. The standard InChI is InChI=1S/C13H15Cl2N3/c1-7(2)12(16)13-17-6-11(18-13)8-3-4-9(14)10(15)5-8/h3-7,12H,16H2,1-2H3,(H,17,18)/t12-/m0/s1. The molecule has 0 amide bonds. The summed E-state index contributed by atoms with van der Waals surface area (Å²) in [4.78, 5) is 7.53. The van der Waals surface area contributed by atoms with Crippen molar-refractivity contribution < 1.29 is 0 Å². The first kappa shape index (κ1) is 13.4. The lowest BCUT2D eigenvalue weighted by molar-refractivity contribution is 0.494. The third-order valence-corrected chi connectivity index (χ3v) is 3.60. The molecule has 0 aliphatic rings. The van der Waals surface area contributed by atoms with Crippen molar-refractivity contribution in [1.82, 2.24) is 9.97 Å². The second-order valence-corrected chi connectivity index (χ2v) is 5.40. The van der Waals surface area contributed by atoms with Gasteiger partial charge in [-0.25, -0.2) is 4.98 Å². The summed E-state index contributed by atoms with van der Waals surface area (Å²) in [7, 11) is 0. The van der Waals surface area contributed by atoms with Crippen LogP contribution < -0.4 is 5.73 Å². The average Bonchev–Trinajstić information content (AvgIpc) is 2.81. The molecule has 2 rings (SSSR count). The van der Waals surface area contributed by atoms with Crippen molar-refractivity contribution >= 4 is 23.2 Å². The number of aromatic amines is 1. The number of hydrogen-bond donors (Lipinski definition) is 2. The van der Waals surface area contributed by atoms with Crippen LogP contribution in [0.2, 0.25) is 10.0 Å². The van der Waals surface area contributed by atoms with Gasteiger partial charge >= 0.3 is 0 Å². The molecule has 3 N–H and O–H groups in total. The van der Waals surface area contributed by atoms with Crippen LogP contribution in [0.15, 0.2) is 24.4 Å². The van der Waals surface area contributed by atoms with E-state index in [4.69, 9.17) is 28.9 Å². The van der Waals surface area contributed by atoms with Gasteiger partial charge in [0.05, 0.1) is 28.0 Å². The van der Waals surface area contributed by atoms with Gasteiger partial charge in [0.15, 0.2) is 0 Å². The number of imidazole rings is 1. The van der Waals surface area contributed by atoms with E-state index in [1.54, 1.807) is 12.3 Å². The van der Waals surface area contributed by atoms with Crippen LogP contribution in [-0.2, 0) is 0 Å². The Morgan fingerprint density at radius 3 is 2.56 bits per heavy atom. The van der Waals surface area contributed by atoms with Crippen molar-refractivity contribution in [2.24, 2.45) is 11.7 Å². The van der Waals surface area contributed by atoms with E-state index in [2.05, 4.69) is 23.8 Å². The summed E-state index contributed by atoms with van der Waals surface area (Å²) in [5.74, 6) is 1.11. The predicted molar refractivity (Wildman–Crippen MR) is 75.8 cm³/mol. The van der Waals surface area contributed by atoms with Gasteiger partial charge in [0.25, 0.3) is 0 Å². The molecular formula is C13H15Cl2N3. The normalized spacial score (nSPS) is 13.0. The SMILES string of the molecule is CC(C)[C@H](N)c1ncc(-c2ccc(Cl)c(Cl)c2)[nH]1. The third-order valence-electron chi connectivity index (χ3n) is 2.86. The maximum atomic E-state index is 6.04. The summed E-state index contributed by atoms with van der Waals surface area (Å²) < 4.78 is 0. The first-order chi connectivity index (χ1) is 8.49. The molecule has 3 nitrogen and oxygen atoms in total. The van der Waals surface area contributed by atoms with Crippen LogP contribution in [0.3, 0.4) is 0 Å². The Labute approximate surface area is 116 Å². The fourth-order valence-electron chi connectivity index (χ4n) is 1.63. The highest BCUT2D eigenvalue weighted by atomic mass is 35.5. The van der Waals surface area contributed by atoms with E-state index in [-0.39, 0.29) is 6.04 Å². The Kier molecular flexibility index (Phi) is 3.95. The maximum Gasteiger partial charge on any atom is 0.123 e. The summed E-state index contributed by atoms with van der Waals surface area (Å²) >= 11 is 11.9. The highest BCUT2D eigenvalue weighted by Crippen LogP contribution is 2.28. The highest BCUT2D eigenvalue weighted by Gasteiger charge is 2.14. The molecule has 0 bridgehead atoms. The minimum atomic E-state index is -0.0958. The minimum absolute atomic E-state index is 0.0958. The van der Waals surface area contributed by atoms with Gasteiger partial charge in [-0.15, -0.1) is 0 Å². The molecule has 0 spiro atoms. The van der Waals surface area contributed by atoms with Gasteiger partial charge in [0.1, 0.15) is 5.82 Å². The zero-order valence-corrected chi connectivity index (χ0v) is 11.8. The molecule has 0 aliphatic heterocycles. The van der Waals surface area contributed by atoms with Crippen LogP contribution >= 0.6 is 23.2 Å². The molecule has 0 saturated heterocycles. The van der Waals surface area contributed by atoms with Crippen molar-refractivity contribution in [3.05, 3.63) is 40.3 Å². The molecule has 0 aliphatic carbocycles. The van der Waals surface area contributed by atoms with E-state index in [1.807, 2.05) is 12.1 Å². The largest absolute Gasteiger partial charge is 0.341 e. The van der Waals surface area contributed by atoms with E-state index >= 15 is 0 Å². The molecule has 1 heterocycles. The second kappa shape index (κ2) is 5.31. The second-order valence-electron chi connectivity index (χ2n) is 4.58. The predicted octanol–water partition coefficient (Wildman–Crippen LogP) is 4.04. The summed E-state index contributed by atoms with van der Waals surface area (Å²) in [6.07, 6.45) is 1.76. The lowest BCUT2D eigenvalue weighted by Crippen LogP contribution is -2.18. The van der Waals surface area contributed by atoms with E-state index in [9.17, 15) is 0 Å². The Balaban J connectivity index is 2.32. The van der Waals surface area contributed by atoms with E-state index < -0.39 is 0 Å². The first-order valence-corrected chi connectivity index (χ1v) is 6.50. The Morgan fingerprint density at radius 2 is 1.94 bits per heavy atom. The molecule has 96 valence electrons. The number of rotatable bonds is 3. The zero-order valence-electron chi connectivity index (χ0n) is 10.2. The van der Waals surface area contributed by atoms with Gasteiger partial charge in [-0.05, 0) is 18.1 Å². The number of hydrogen-bond acceptors (Lipinski definition) is 2. The van der Waals surface area contributed by atoms with Gasteiger partial charge in [0, 0.05) is 5.56 Å². The summed E-state index contributed by atoms with van der Waals surface area (Å²) in [6.45, 7) is 4.12. The topological polar surface area (TPSA) is 54.7 Å². The molecule has 1 atom stereocenters. The molecule has 5 heteroatoms. The van der Waals surface area contributed by atoms with Crippen LogP contribution in [0.1, 0.15) is 25.7 Å². The minimum Gasteiger partial charge on any atom is -0.341 e. The van der Waals surface area contributed by atoms with Gasteiger partial charge < -0.3 is 10.7 Å². The monoisotopic (exact) mass is 283 g/mol. The number of H-pyrrole nitrogens is 1. The Hall–Kier alpha value is -1.03. The van der Waals surface area contributed by atoms with Gasteiger partial charge in [0.2, 0.25) is 0 Å². The van der Waals surface area contributed by atoms with Crippen LogP contribution in [-0.4, -0.2) is 9.97 Å². The molecule has 0 radical (unpaired) electrons. The smallest absolute Gasteiger partial charge is 0.123 e. The van der Waals surface area contributed by atoms with Crippen LogP contribution in [0.5, 0.6) is 0 Å². The summed E-state index contributed by atoms with van der Waals surface area (Å²) in [5, 5.41) is 1.07. The quantitative estimate of drug-likeness (QED) is 0.893. The molecule has 2 aromatic rings. The van der Waals surface area contributed by atoms with Crippen molar-refractivity contribution in [3.63, 3.8) is 0 Å². The van der Waals surface area contributed by atoms with E-state index in [0.29, 0.717) is 16.0 Å². The van der Waals surface area contributed by atoms with Crippen LogP contribution in [0.4, 0.5) is 0 Å².